The van der Waals surface area contributed by atoms with E-state index in [0.717, 1.165) is 39.1 Å². The summed E-state index contributed by atoms with van der Waals surface area (Å²) in [5.41, 5.74) is 2.17. The second-order valence-electron chi connectivity index (χ2n) is 7.74. The van der Waals surface area contributed by atoms with Gasteiger partial charge in [0.1, 0.15) is 19.0 Å². The van der Waals surface area contributed by atoms with Crippen LogP contribution in [0.3, 0.4) is 0 Å². The zero-order chi connectivity index (χ0) is 21.9. The quantitative estimate of drug-likeness (QED) is 0.428. The molecule has 164 valence electrons. The highest BCUT2D eigenvalue weighted by Crippen LogP contribution is 2.33. The Morgan fingerprint density at radius 2 is 1.69 bits per heavy atom. The Labute approximate surface area is 186 Å². The van der Waals surface area contributed by atoms with Crippen molar-refractivity contribution in [1.82, 2.24) is 9.88 Å². The second kappa shape index (κ2) is 8.75. The van der Waals surface area contributed by atoms with E-state index in [0.29, 0.717) is 32.2 Å². The molecule has 3 aromatic carbocycles. The van der Waals surface area contributed by atoms with Crippen LogP contribution in [-0.2, 0) is 4.74 Å². The minimum absolute atomic E-state index is 0.0887. The summed E-state index contributed by atoms with van der Waals surface area (Å²) in [5.74, 6) is 2.95. The maximum atomic E-state index is 6.21. The van der Waals surface area contributed by atoms with Crippen LogP contribution in [0.15, 0.2) is 79.2 Å². The lowest BCUT2D eigenvalue weighted by atomic mass is 10.1. The molecule has 1 unspecified atom stereocenters. The van der Waals surface area contributed by atoms with Crippen LogP contribution in [0.5, 0.6) is 17.2 Å². The third-order valence-corrected chi connectivity index (χ3v) is 5.68. The Bertz CT molecular complexity index is 1250. The van der Waals surface area contributed by atoms with Gasteiger partial charge in [-0.25, -0.2) is 0 Å². The summed E-state index contributed by atoms with van der Waals surface area (Å²) in [6.45, 7) is 6.37. The molecule has 5 rings (SSSR count). The first-order chi connectivity index (χ1) is 15.7. The minimum atomic E-state index is -0.0887. The molecule has 1 aromatic heterocycles. The number of nitrogens with zero attached hydrogens (tertiary/aromatic N) is 1. The van der Waals surface area contributed by atoms with Gasteiger partial charge in [0, 0.05) is 16.3 Å². The number of nitrogens with one attached hydrogen (secondary N) is 1. The molecule has 32 heavy (non-hydrogen) atoms. The van der Waals surface area contributed by atoms with Crippen molar-refractivity contribution in [2.75, 3.05) is 33.4 Å². The van der Waals surface area contributed by atoms with Gasteiger partial charge in [-0.1, -0.05) is 36.4 Å². The number of aromatic nitrogens is 1. The molecule has 0 saturated carbocycles. The van der Waals surface area contributed by atoms with Crippen LogP contribution in [0.25, 0.3) is 21.8 Å². The predicted molar refractivity (Wildman–Crippen MR) is 125 cm³/mol. The number of hydrogen-bond acceptors (Lipinski definition) is 5. The summed E-state index contributed by atoms with van der Waals surface area (Å²) in [6.07, 6.45) is -0.0887. The fourth-order valence-electron chi connectivity index (χ4n) is 4.13. The summed E-state index contributed by atoms with van der Waals surface area (Å²) < 4.78 is 23.4. The first kappa shape index (κ1) is 20.1. The Balaban J connectivity index is 1.19. The van der Waals surface area contributed by atoms with Crippen molar-refractivity contribution >= 4 is 21.8 Å². The van der Waals surface area contributed by atoms with Crippen LogP contribution in [0.1, 0.15) is 0 Å². The summed E-state index contributed by atoms with van der Waals surface area (Å²) in [4.78, 5) is 5.53. The number of rotatable bonds is 8. The smallest absolute Gasteiger partial charge is 0.182 e. The molecule has 1 N–H and O–H groups in total. The van der Waals surface area contributed by atoms with Crippen LogP contribution in [-0.4, -0.2) is 49.4 Å². The zero-order valence-electron chi connectivity index (χ0n) is 18.0. The van der Waals surface area contributed by atoms with Gasteiger partial charge in [0.2, 0.25) is 0 Å². The maximum absolute atomic E-state index is 6.21. The first-order valence-electron chi connectivity index (χ1n) is 10.7. The van der Waals surface area contributed by atoms with Gasteiger partial charge in [0.25, 0.3) is 0 Å². The van der Waals surface area contributed by atoms with E-state index in [9.17, 15) is 0 Å². The lowest BCUT2D eigenvalue weighted by Gasteiger charge is -2.17. The van der Waals surface area contributed by atoms with Crippen molar-refractivity contribution in [3.63, 3.8) is 0 Å². The first-order valence-corrected chi connectivity index (χ1v) is 10.7. The molecule has 1 aliphatic rings. The molecule has 1 saturated heterocycles. The average molecular weight is 431 g/mol. The molecule has 0 spiro atoms. The van der Waals surface area contributed by atoms with Crippen LogP contribution >= 0.6 is 0 Å². The summed E-state index contributed by atoms with van der Waals surface area (Å²) in [7, 11) is 1.64. The summed E-state index contributed by atoms with van der Waals surface area (Å²) in [6, 6.07) is 22.0. The Kier molecular flexibility index (Phi) is 5.50. The van der Waals surface area contributed by atoms with Crippen LogP contribution < -0.4 is 14.2 Å². The minimum Gasteiger partial charge on any atom is -0.493 e. The van der Waals surface area contributed by atoms with Gasteiger partial charge in [0.05, 0.1) is 25.7 Å². The molecule has 4 aromatic rings. The zero-order valence-corrected chi connectivity index (χ0v) is 18.0. The van der Waals surface area contributed by atoms with Crippen molar-refractivity contribution in [3.8, 4) is 17.2 Å². The monoisotopic (exact) mass is 430 g/mol. The van der Waals surface area contributed by atoms with Gasteiger partial charge in [-0.2, -0.15) is 0 Å². The molecule has 1 aliphatic heterocycles. The van der Waals surface area contributed by atoms with Gasteiger partial charge < -0.3 is 28.8 Å². The number of para-hydroxylation sites is 3. The molecule has 6 heteroatoms. The van der Waals surface area contributed by atoms with Crippen molar-refractivity contribution < 1.29 is 18.9 Å². The van der Waals surface area contributed by atoms with Gasteiger partial charge in [0.15, 0.2) is 23.5 Å². The normalized spacial score (nSPS) is 15.8. The summed E-state index contributed by atoms with van der Waals surface area (Å²) in [5, 5.41) is 2.26. The molecule has 0 aliphatic carbocycles. The molecule has 6 nitrogen and oxygen atoms in total. The number of fused-ring (bicyclic) bond motifs is 3. The third-order valence-electron chi connectivity index (χ3n) is 5.68. The molecule has 1 fully saturated rings. The molecule has 1 atom stereocenters. The van der Waals surface area contributed by atoms with Crippen LogP contribution in [0.4, 0.5) is 0 Å². The number of methoxy groups -OCH3 is 1. The lowest BCUT2D eigenvalue weighted by Crippen LogP contribution is -2.28. The molecular weight excluding hydrogens is 404 g/mol. The van der Waals surface area contributed by atoms with Crippen molar-refractivity contribution in [1.29, 1.82) is 0 Å². The van der Waals surface area contributed by atoms with Gasteiger partial charge in [-0.05, 0) is 36.9 Å². The number of aromatic amines is 1. The Morgan fingerprint density at radius 1 is 0.938 bits per heavy atom. The Morgan fingerprint density at radius 3 is 2.56 bits per heavy atom. The summed E-state index contributed by atoms with van der Waals surface area (Å²) >= 11 is 0. The van der Waals surface area contributed by atoms with Gasteiger partial charge in [-0.3, -0.25) is 0 Å². The van der Waals surface area contributed by atoms with E-state index in [4.69, 9.17) is 18.9 Å². The highest BCUT2D eigenvalue weighted by atomic mass is 16.6. The van der Waals surface area contributed by atoms with E-state index in [1.54, 1.807) is 7.11 Å². The fraction of sp³-hybridized carbons (Fsp3) is 0.231. The third kappa shape index (κ3) is 3.91. The van der Waals surface area contributed by atoms with Crippen LogP contribution in [0.2, 0.25) is 0 Å². The van der Waals surface area contributed by atoms with Gasteiger partial charge >= 0.3 is 0 Å². The van der Waals surface area contributed by atoms with Crippen molar-refractivity contribution in [2.24, 2.45) is 0 Å². The fourth-order valence-corrected chi connectivity index (χ4v) is 4.13. The molecular formula is C26H26N2O4. The largest absolute Gasteiger partial charge is 0.493 e. The standard InChI is InChI=1S/C26H26N2O4/c1-18-28(14-15-30-24-12-6-5-11-23(24)29-2)16-19(32-18)17-31-25-13-7-10-22-26(25)20-8-3-4-9-21(20)27-22/h3-13,19,27H,1,14-17H2,2H3. The Hall–Kier alpha value is -3.80. The molecule has 0 radical (unpaired) electrons. The van der Waals surface area contributed by atoms with Crippen molar-refractivity contribution in [2.45, 2.75) is 6.10 Å². The van der Waals surface area contributed by atoms with Crippen molar-refractivity contribution in [3.05, 3.63) is 79.2 Å². The average Bonchev–Trinajstić information content (AvgIpc) is 3.38. The topological polar surface area (TPSA) is 56.0 Å². The van der Waals surface area contributed by atoms with E-state index in [1.807, 2.05) is 48.5 Å². The van der Waals surface area contributed by atoms with Crippen LogP contribution in [0, 0.1) is 0 Å². The van der Waals surface area contributed by atoms with Gasteiger partial charge in [-0.15, -0.1) is 0 Å². The molecule has 0 bridgehead atoms. The highest BCUT2D eigenvalue weighted by Gasteiger charge is 2.27. The van der Waals surface area contributed by atoms with E-state index < -0.39 is 0 Å². The molecule has 0 amide bonds. The highest BCUT2D eigenvalue weighted by molar-refractivity contribution is 6.10. The molecule has 2 heterocycles. The predicted octanol–water partition coefficient (Wildman–Crippen LogP) is 4.96. The van der Waals surface area contributed by atoms with E-state index >= 15 is 0 Å². The SMILES string of the molecule is C=C1OC(COc2cccc3[nH]c4ccccc4c23)CN1CCOc1ccccc1OC. The maximum Gasteiger partial charge on any atom is 0.182 e. The number of H-pyrrole nitrogens is 1. The number of benzene rings is 3. The van der Waals surface area contributed by atoms with E-state index in [-0.39, 0.29) is 6.10 Å². The van der Waals surface area contributed by atoms with E-state index in [2.05, 4.69) is 34.7 Å². The van der Waals surface area contributed by atoms with E-state index in [1.165, 1.54) is 0 Å². The lowest BCUT2D eigenvalue weighted by molar-refractivity contribution is 0.108. The number of ether oxygens (including phenoxy) is 4. The number of hydrogen-bond donors (Lipinski definition) is 1. The second-order valence-corrected chi connectivity index (χ2v) is 7.74.